The molecule has 0 aliphatic heterocycles. The second-order valence-electron chi connectivity index (χ2n) is 5.45. The van der Waals surface area contributed by atoms with Gasteiger partial charge in [0.15, 0.2) is 6.61 Å². The van der Waals surface area contributed by atoms with Crippen LogP contribution in [0.2, 0.25) is 0 Å². The fourth-order valence-corrected chi connectivity index (χ4v) is 3.46. The minimum absolute atomic E-state index is 0.368. The fraction of sp³-hybridized carbons (Fsp3) is 0.471. The topological polar surface area (TPSA) is 79.2 Å². The molecule has 5 nitrogen and oxygen atoms in total. The highest BCUT2D eigenvalue weighted by Gasteiger charge is 2.35. The maximum atomic E-state index is 12.2. The Kier molecular flexibility index (Phi) is 6.05. The zero-order valence-corrected chi connectivity index (χ0v) is 13.9. The van der Waals surface area contributed by atoms with Crippen LogP contribution < -0.4 is 5.32 Å². The second-order valence-corrected chi connectivity index (χ2v) is 6.76. The van der Waals surface area contributed by atoms with Crippen molar-refractivity contribution in [1.82, 2.24) is 5.32 Å². The summed E-state index contributed by atoms with van der Waals surface area (Å²) in [4.78, 5) is 25.0. The third kappa shape index (κ3) is 4.49. The molecule has 6 heteroatoms. The van der Waals surface area contributed by atoms with Crippen LogP contribution in [0.4, 0.5) is 0 Å². The lowest BCUT2D eigenvalue weighted by atomic mass is 10.00. The van der Waals surface area contributed by atoms with E-state index in [0.717, 1.165) is 23.5 Å². The van der Waals surface area contributed by atoms with Gasteiger partial charge in [-0.15, -0.1) is 11.8 Å². The molecular weight excluding hydrogens is 312 g/mol. The summed E-state index contributed by atoms with van der Waals surface area (Å²) in [5, 5.41) is 11.9. The Morgan fingerprint density at radius 1 is 1.35 bits per heavy atom. The quantitative estimate of drug-likeness (QED) is 0.640. The molecule has 0 radical (unpaired) electrons. The van der Waals surface area contributed by atoms with Crippen LogP contribution in [0.5, 0.6) is 0 Å². The van der Waals surface area contributed by atoms with Crippen molar-refractivity contribution in [3.63, 3.8) is 0 Å². The number of thioether (sulfide) groups is 1. The smallest absolute Gasteiger partial charge is 0.339 e. The van der Waals surface area contributed by atoms with Crippen molar-refractivity contribution in [2.45, 2.75) is 43.0 Å². The number of hydrogen-bond donors (Lipinski definition) is 1. The Bertz CT molecular complexity index is 619. The Morgan fingerprint density at radius 2 is 2.04 bits per heavy atom. The molecule has 1 aromatic carbocycles. The second kappa shape index (κ2) is 8.02. The van der Waals surface area contributed by atoms with E-state index in [-0.39, 0.29) is 6.61 Å². The van der Waals surface area contributed by atoms with Crippen LogP contribution in [0.25, 0.3) is 0 Å². The van der Waals surface area contributed by atoms with Gasteiger partial charge in [-0.3, -0.25) is 4.79 Å². The standard InChI is InChI=1S/C17H20N2O3S/c1-2-23-14-8-4-3-7-13(14)16(21)22-11-15(20)19-17(12-18)9-5-6-10-17/h3-4,7-8H,2,5-6,9-11H2,1H3,(H,19,20). The lowest BCUT2D eigenvalue weighted by Crippen LogP contribution is -2.46. The molecule has 1 aromatic rings. The Morgan fingerprint density at radius 3 is 2.70 bits per heavy atom. The maximum absolute atomic E-state index is 12.2. The molecule has 1 amide bonds. The molecule has 0 spiro atoms. The van der Waals surface area contributed by atoms with Gasteiger partial charge in [-0.1, -0.05) is 19.1 Å². The molecule has 0 saturated heterocycles. The van der Waals surface area contributed by atoms with Crippen molar-refractivity contribution in [3.8, 4) is 6.07 Å². The summed E-state index contributed by atoms with van der Waals surface area (Å²) in [6.07, 6.45) is 3.16. The van der Waals surface area contributed by atoms with Gasteiger partial charge in [-0.25, -0.2) is 4.79 Å². The van der Waals surface area contributed by atoms with E-state index in [4.69, 9.17) is 4.74 Å². The summed E-state index contributed by atoms with van der Waals surface area (Å²) in [5.74, 6) is -0.105. The van der Waals surface area contributed by atoms with Crippen molar-refractivity contribution in [3.05, 3.63) is 29.8 Å². The molecule has 1 saturated carbocycles. The molecule has 1 N–H and O–H groups in total. The van der Waals surface area contributed by atoms with E-state index in [9.17, 15) is 14.9 Å². The molecule has 1 aliphatic rings. The molecular formula is C17H20N2O3S. The zero-order valence-electron chi connectivity index (χ0n) is 13.1. The van der Waals surface area contributed by atoms with Gasteiger partial charge in [0.1, 0.15) is 5.54 Å². The molecule has 2 rings (SSSR count). The number of carbonyl (C=O) groups is 2. The van der Waals surface area contributed by atoms with Crippen LogP contribution in [0.15, 0.2) is 29.2 Å². The lowest BCUT2D eigenvalue weighted by molar-refractivity contribution is -0.125. The predicted molar refractivity (Wildman–Crippen MR) is 88.1 cm³/mol. The Balaban J connectivity index is 1.92. The Labute approximate surface area is 140 Å². The van der Waals surface area contributed by atoms with Gasteiger partial charge in [0.2, 0.25) is 0 Å². The summed E-state index contributed by atoms with van der Waals surface area (Å²) in [6.45, 7) is 1.64. The minimum atomic E-state index is -0.792. The van der Waals surface area contributed by atoms with Crippen molar-refractivity contribution in [2.75, 3.05) is 12.4 Å². The summed E-state index contributed by atoms with van der Waals surface area (Å²) < 4.78 is 5.10. The van der Waals surface area contributed by atoms with E-state index in [0.29, 0.717) is 18.4 Å². The predicted octanol–water partition coefficient (Wildman–Crippen LogP) is 2.91. The molecule has 0 aromatic heterocycles. The number of benzene rings is 1. The van der Waals surface area contributed by atoms with Gasteiger partial charge in [-0.2, -0.15) is 5.26 Å². The van der Waals surface area contributed by atoms with Crippen LogP contribution in [-0.2, 0) is 9.53 Å². The van der Waals surface area contributed by atoms with E-state index in [1.165, 1.54) is 0 Å². The van der Waals surface area contributed by atoms with Crippen molar-refractivity contribution >= 4 is 23.6 Å². The van der Waals surface area contributed by atoms with Gasteiger partial charge in [0, 0.05) is 4.90 Å². The molecule has 0 bridgehead atoms. The number of esters is 1. The molecule has 0 atom stereocenters. The van der Waals surface area contributed by atoms with Gasteiger partial charge in [0.05, 0.1) is 11.6 Å². The average Bonchev–Trinajstić information content (AvgIpc) is 3.02. The van der Waals surface area contributed by atoms with Crippen LogP contribution in [0, 0.1) is 11.3 Å². The van der Waals surface area contributed by atoms with E-state index < -0.39 is 17.4 Å². The van der Waals surface area contributed by atoms with Crippen molar-refractivity contribution in [2.24, 2.45) is 0 Å². The number of carbonyl (C=O) groups excluding carboxylic acids is 2. The highest BCUT2D eigenvalue weighted by Crippen LogP contribution is 2.28. The van der Waals surface area contributed by atoms with Gasteiger partial charge in [0.25, 0.3) is 5.91 Å². The number of nitriles is 1. The highest BCUT2D eigenvalue weighted by atomic mass is 32.2. The van der Waals surface area contributed by atoms with E-state index in [1.807, 2.05) is 19.1 Å². The number of nitrogens with zero attached hydrogens (tertiary/aromatic N) is 1. The SMILES string of the molecule is CCSc1ccccc1C(=O)OCC(=O)NC1(C#N)CCCC1. The van der Waals surface area contributed by atoms with Crippen LogP contribution in [0.3, 0.4) is 0 Å². The normalized spacial score (nSPS) is 15.7. The van der Waals surface area contributed by atoms with E-state index >= 15 is 0 Å². The van der Waals surface area contributed by atoms with Gasteiger partial charge >= 0.3 is 5.97 Å². The first-order valence-corrected chi connectivity index (χ1v) is 8.70. The third-order valence-corrected chi connectivity index (χ3v) is 4.75. The molecule has 0 unspecified atom stereocenters. The number of nitrogens with one attached hydrogen (secondary N) is 1. The summed E-state index contributed by atoms with van der Waals surface area (Å²) in [7, 11) is 0. The molecule has 122 valence electrons. The van der Waals surface area contributed by atoms with Crippen molar-refractivity contribution < 1.29 is 14.3 Å². The van der Waals surface area contributed by atoms with E-state index in [2.05, 4.69) is 11.4 Å². The first kappa shape index (κ1) is 17.4. The van der Waals surface area contributed by atoms with Crippen molar-refractivity contribution in [1.29, 1.82) is 5.26 Å². The Hall–Kier alpha value is -2.00. The summed E-state index contributed by atoms with van der Waals surface area (Å²) in [6, 6.07) is 9.34. The molecule has 0 heterocycles. The number of rotatable bonds is 6. The van der Waals surface area contributed by atoms with Gasteiger partial charge < -0.3 is 10.1 Å². The molecule has 1 fully saturated rings. The average molecular weight is 332 g/mol. The first-order valence-electron chi connectivity index (χ1n) is 7.71. The summed E-state index contributed by atoms with van der Waals surface area (Å²) >= 11 is 1.55. The first-order chi connectivity index (χ1) is 11.1. The third-order valence-electron chi connectivity index (χ3n) is 3.79. The van der Waals surface area contributed by atoms with Crippen LogP contribution in [-0.4, -0.2) is 29.8 Å². The van der Waals surface area contributed by atoms with Crippen LogP contribution >= 0.6 is 11.8 Å². The summed E-state index contributed by atoms with van der Waals surface area (Å²) in [5.41, 5.74) is -0.331. The van der Waals surface area contributed by atoms with E-state index in [1.54, 1.807) is 23.9 Å². The maximum Gasteiger partial charge on any atom is 0.339 e. The molecule has 23 heavy (non-hydrogen) atoms. The monoisotopic (exact) mass is 332 g/mol. The lowest BCUT2D eigenvalue weighted by Gasteiger charge is -2.21. The zero-order chi connectivity index (χ0) is 16.7. The highest BCUT2D eigenvalue weighted by molar-refractivity contribution is 7.99. The number of ether oxygens (including phenoxy) is 1. The number of hydrogen-bond acceptors (Lipinski definition) is 5. The largest absolute Gasteiger partial charge is 0.452 e. The van der Waals surface area contributed by atoms with Gasteiger partial charge in [-0.05, 0) is 43.6 Å². The molecule has 1 aliphatic carbocycles. The fourth-order valence-electron chi connectivity index (χ4n) is 2.67. The minimum Gasteiger partial charge on any atom is -0.452 e. The number of amides is 1. The van der Waals surface area contributed by atoms with Crippen LogP contribution in [0.1, 0.15) is 43.0 Å².